The Labute approximate surface area is 218 Å². The summed E-state index contributed by atoms with van der Waals surface area (Å²) in [6, 6.07) is 13.4. The van der Waals surface area contributed by atoms with E-state index in [0.717, 1.165) is 5.56 Å². The van der Waals surface area contributed by atoms with Gasteiger partial charge in [-0.05, 0) is 48.0 Å². The van der Waals surface area contributed by atoms with Crippen LogP contribution in [0.15, 0.2) is 48.5 Å². The number of aromatic amines is 1. The van der Waals surface area contributed by atoms with Crippen LogP contribution in [0, 0.1) is 5.41 Å². The van der Waals surface area contributed by atoms with E-state index in [1.807, 2.05) is 6.07 Å². The van der Waals surface area contributed by atoms with E-state index in [0.29, 0.717) is 52.5 Å². The minimum absolute atomic E-state index is 0.0509. The molecule has 0 saturated heterocycles. The number of amidine groups is 1. The van der Waals surface area contributed by atoms with Gasteiger partial charge in [-0.25, -0.2) is 9.78 Å². The van der Waals surface area contributed by atoms with Crippen LogP contribution in [0.2, 0.25) is 0 Å². The van der Waals surface area contributed by atoms with Gasteiger partial charge in [0.15, 0.2) is 6.79 Å². The molecule has 0 atom stereocenters. The van der Waals surface area contributed by atoms with E-state index in [1.54, 1.807) is 37.4 Å². The van der Waals surface area contributed by atoms with Gasteiger partial charge in [-0.15, -0.1) is 0 Å². The number of nitrogens with two attached hydrogens (primary N) is 2. The van der Waals surface area contributed by atoms with Crippen molar-refractivity contribution in [3.05, 3.63) is 65.2 Å². The number of esters is 1. The second-order valence-corrected chi connectivity index (χ2v) is 8.34. The number of methoxy groups -OCH3 is 2. The number of carbonyl (C=O) groups excluding carboxylic acids is 1. The summed E-state index contributed by atoms with van der Waals surface area (Å²) < 4.78 is 21.2. The molecule has 11 heteroatoms. The smallest absolute Gasteiger partial charge is 0.337 e. The molecule has 7 N–H and O–H groups in total. The van der Waals surface area contributed by atoms with Crippen LogP contribution in [-0.4, -0.2) is 61.1 Å². The van der Waals surface area contributed by atoms with Crippen molar-refractivity contribution < 1.29 is 28.8 Å². The van der Waals surface area contributed by atoms with Crippen LogP contribution in [0.5, 0.6) is 11.5 Å². The molecule has 0 radical (unpaired) electrons. The summed E-state index contributed by atoms with van der Waals surface area (Å²) in [6.07, 6.45) is 0. The molecular formula is C27H29N5O6. The topological polar surface area (TPSA) is 179 Å². The van der Waals surface area contributed by atoms with E-state index in [9.17, 15) is 9.90 Å². The lowest BCUT2D eigenvalue weighted by Gasteiger charge is -2.16. The number of benzene rings is 3. The maximum atomic E-state index is 12.6. The Morgan fingerprint density at radius 1 is 1.03 bits per heavy atom. The summed E-state index contributed by atoms with van der Waals surface area (Å²) in [5.41, 5.74) is 15.3. The van der Waals surface area contributed by atoms with Crippen LogP contribution in [0.4, 0.5) is 0 Å². The third-order valence-corrected chi connectivity index (χ3v) is 5.88. The SMILES string of the molecule is COCCOCOc1ccc(CN)cc1-c1cc(C(=O)OC)cc(-c2nc3cc(C(=N)N)ccc3[nH]2)c1O. The molecule has 4 aromatic rings. The van der Waals surface area contributed by atoms with Crippen molar-refractivity contribution in [3.8, 4) is 34.0 Å². The molecule has 1 heterocycles. The van der Waals surface area contributed by atoms with Crippen molar-refractivity contribution in [2.24, 2.45) is 11.5 Å². The zero-order valence-corrected chi connectivity index (χ0v) is 21.0. The molecule has 4 rings (SSSR count). The highest BCUT2D eigenvalue weighted by Gasteiger charge is 2.22. The highest BCUT2D eigenvalue weighted by molar-refractivity contribution is 5.99. The monoisotopic (exact) mass is 519 g/mol. The van der Waals surface area contributed by atoms with Gasteiger partial charge < -0.3 is 40.5 Å². The number of nitrogens with one attached hydrogen (secondary N) is 2. The Balaban J connectivity index is 1.85. The number of phenolic OH excluding ortho intramolecular Hbond substituents is 1. The first-order chi connectivity index (χ1) is 18.4. The van der Waals surface area contributed by atoms with Crippen molar-refractivity contribution in [1.82, 2.24) is 9.97 Å². The molecule has 0 unspecified atom stereocenters. The lowest BCUT2D eigenvalue weighted by Crippen LogP contribution is -2.10. The average Bonchev–Trinajstić information content (AvgIpc) is 3.36. The zero-order chi connectivity index (χ0) is 27.2. The minimum Gasteiger partial charge on any atom is -0.507 e. The van der Waals surface area contributed by atoms with Gasteiger partial charge in [-0.2, -0.15) is 0 Å². The highest BCUT2D eigenvalue weighted by Crippen LogP contribution is 2.43. The highest BCUT2D eigenvalue weighted by atomic mass is 16.7. The van der Waals surface area contributed by atoms with Crippen molar-refractivity contribution in [3.63, 3.8) is 0 Å². The van der Waals surface area contributed by atoms with Gasteiger partial charge in [0.1, 0.15) is 23.2 Å². The number of aromatic hydroxyl groups is 1. The van der Waals surface area contributed by atoms with Gasteiger partial charge >= 0.3 is 5.97 Å². The predicted octanol–water partition coefficient (Wildman–Crippen LogP) is 3.13. The summed E-state index contributed by atoms with van der Waals surface area (Å²) in [7, 11) is 2.85. The Bertz CT molecular complexity index is 1480. The lowest BCUT2D eigenvalue weighted by atomic mass is 9.95. The van der Waals surface area contributed by atoms with Crippen LogP contribution in [-0.2, 0) is 20.8 Å². The normalized spacial score (nSPS) is 11.0. The van der Waals surface area contributed by atoms with Crippen LogP contribution in [0.25, 0.3) is 33.5 Å². The first kappa shape index (κ1) is 26.6. The Hall–Kier alpha value is -4.45. The fourth-order valence-electron chi connectivity index (χ4n) is 3.90. The first-order valence-corrected chi connectivity index (χ1v) is 11.7. The van der Waals surface area contributed by atoms with Gasteiger partial charge in [-0.1, -0.05) is 6.07 Å². The third kappa shape index (κ3) is 5.59. The number of phenols is 1. The Morgan fingerprint density at radius 2 is 1.82 bits per heavy atom. The number of ether oxygens (including phenoxy) is 4. The number of nitrogen functional groups attached to an aromatic ring is 1. The number of imidazole rings is 1. The number of carbonyl (C=O) groups is 1. The molecule has 11 nitrogen and oxygen atoms in total. The molecule has 0 aliphatic carbocycles. The number of H-pyrrole nitrogens is 1. The van der Waals surface area contributed by atoms with Gasteiger partial charge in [0.05, 0.1) is 42.5 Å². The molecule has 3 aromatic carbocycles. The fraction of sp³-hybridized carbons (Fsp3) is 0.222. The Morgan fingerprint density at radius 3 is 2.53 bits per heavy atom. The maximum absolute atomic E-state index is 12.6. The van der Waals surface area contributed by atoms with Crippen LogP contribution >= 0.6 is 0 Å². The zero-order valence-electron chi connectivity index (χ0n) is 21.0. The van der Waals surface area contributed by atoms with Crippen LogP contribution in [0.3, 0.4) is 0 Å². The van der Waals surface area contributed by atoms with Crippen molar-refractivity contribution in [1.29, 1.82) is 5.41 Å². The second-order valence-electron chi connectivity index (χ2n) is 8.34. The lowest BCUT2D eigenvalue weighted by molar-refractivity contribution is -0.00823. The van der Waals surface area contributed by atoms with E-state index in [-0.39, 0.29) is 36.0 Å². The first-order valence-electron chi connectivity index (χ1n) is 11.7. The van der Waals surface area contributed by atoms with Gasteiger partial charge in [0.2, 0.25) is 0 Å². The van der Waals surface area contributed by atoms with E-state index >= 15 is 0 Å². The molecule has 0 spiro atoms. The standard InChI is InChI=1S/C27H29N5O6/c1-35-7-8-37-14-38-23-6-3-15(13-28)9-18(23)19-10-17(27(34)36-2)11-20(24(19)33)26-31-21-5-4-16(25(29)30)12-22(21)32-26/h3-6,9-12,33H,7-8,13-14,28H2,1-2H3,(H3,29,30)(H,31,32). The Kier molecular flexibility index (Phi) is 8.22. The van der Waals surface area contributed by atoms with Gasteiger partial charge in [0, 0.05) is 30.3 Å². The van der Waals surface area contributed by atoms with E-state index < -0.39 is 5.97 Å². The quantitative estimate of drug-likeness (QED) is 0.0654. The summed E-state index contributed by atoms with van der Waals surface area (Å²) in [4.78, 5) is 20.3. The largest absolute Gasteiger partial charge is 0.507 e. The molecule has 38 heavy (non-hydrogen) atoms. The third-order valence-electron chi connectivity index (χ3n) is 5.88. The molecule has 0 fully saturated rings. The van der Waals surface area contributed by atoms with Crippen molar-refractivity contribution in [2.45, 2.75) is 6.54 Å². The van der Waals surface area contributed by atoms with Crippen LogP contribution in [0.1, 0.15) is 21.5 Å². The number of aromatic nitrogens is 2. The van der Waals surface area contributed by atoms with E-state index in [1.165, 1.54) is 19.2 Å². The fourth-order valence-corrected chi connectivity index (χ4v) is 3.90. The van der Waals surface area contributed by atoms with Crippen LogP contribution < -0.4 is 16.2 Å². The predicted molar refractivity (Wildman–Crippen MR) is 142 cm³/mol. The maximum Gasteiger partial charge on any atom is 0.337 e. The summed E-state index contributed by atoms with van der Waals surface area (Å²) in [6.45, 7) is 0.963. The number of rotatable bonds is 11. The van der Waals surface area contributed by atoms with E-state index in [2.05, 4.69) is 9.97 Å². The molecule has 0 aliphatic heterocycles. The molecule has 0 saturated carbocycles. The minimum atomic E-state index is -0.595. The number of nitrogens with zero attached hydrogens (tertiary/aromatic N) is 1. The molecule has 0 bridgehead atoms. The summed E-state index contributed by atoms with van der Waals surface area (Å²) in [5, 5.41) is 19.2. The number of hydrogen-bond donors (Lipinski definition) is 5. The molecule has 198 valence electrons. The van der Waals surface area contributed by atoms with E-state index in [4.69, 9.17) is 35.8 Å². The van der Waals surface area contributed by atoms with Gasteiger partial charge in [0.25, 0.3) is 0 Å². The number of fused-ring (bicyclic) bond motifs is 1. The molecule has 1 aromatic heterocycles. The molecule has 0 amide bonds. The van der Waals surface area contributed by atoms with Crippen molar-refractivity contribution >= 4 is 22.8 Å². The number of hydrogen-bond acceptors (Lipinski definition) is 9. The molecule has 0 aliphatic rings. The van der Waals surface area contributed by atoms with Crippen molar-refractivity contribution in [2.75, 3.05) is 34.2 Å². The average molecular weight is 520 g/mol. The second kappa shape index (κ2) is 11.7. The summed E-state index contributed by atoms with van der Waals surface area (Å²) in [5.74, 6) is -0.0948. The molecular weight excluding hydrogens is 490 g/mol. The van der Waals surface area contributed by atoms with Gasteiger partial charge in [-0.3, -0.25) is 5.41 Å². The summed E-state index contributed by atoms with van der Waals surface area (Å²) >= 11 is 0.